The van der Waals surface area contributed by atoms with Crippen molar-refractivity contribution in [2.24, 2.45) is 5.92 Å². The van der Waals surface area contributed by atoms with Crippen molar-refractivity contribution in [1.29, 1.82) is 0 Å². The van der Waals surface area contributed by atoms with Crippen LogP contribution in [0.25, 0.3) is 0 Å². The van der Waals surface area contributed by atoms with Gasteiger partial charge in [0, 0.05) is 18.4 Å². The quantitative estimate of drug-likeness (QED) is 0.876. The number of halogens is 1. The first-order valence-corrected chi connectivity index (χ1v) is 7.81. The van der Waals surface area contributed by atoms with E-state index in [0.29, 0.717) is 5.92 Å². The minimum Gasteiger partial charge on any atom is -0.263 e. The highest BCUT2D eigenvalue weighted by atomic mass is 35.5. The molecule has 1 atom stereocenters. The molecule has 1 aromatic rings. The molecule has 1 N–H and O–H groups in total. The number of nitrogens with one attached hydrogen (secondary N) is 1. The van der Waals surface area contributed by atoms with Gasteiger partial charge in [0.05, 0.1) is 5.02 Å². The van der Waals surface area contributed by atoms with Crippen LogP contribution in [0.3, 0.4) is 0 Å². The van der Waals surface area contributed by atoms with E-state index < -0.39 is 10.0 Å². The molecule has 0 amide bonds. The summed E-state index contributed by atoms with van der Waals surface area (Å²) in [7, 11) is -3.58. The Bertz CT molecular complexity index is 489. The van der Waals surface area contributed by atoms with Crippen LogP contribution in [0.1, 0.15) is 33.6 Å². The highest BCUT2D eigenvalue weighted by molar-refractivity contribution is 7.89. The Hall–Kier alpha value is -0.650. The van der Waals surface area contributed by atoms with Crippen LogP contribution in [0.15, 0.2) is 23.4 Å². The average Bonchev–Trinajstić information content (AvgIpc) is 2.26. The molecule has 1 rings (SSSR count). The molecule has 4 nitrogen and oxygen atoms in total. The van der Waals surface area contributed by atoms with E-state index in [4.69, 9.17) is 11.6 Å². The van der Waals surface area contributed by atoms with Crippen molar-refractivity contribution < 1.29 is 8.42 Å². The third-order valence-electron chi connectivity index (χ3n) is 2.56. The van der Waals surface area contributed by atoms with Gasteiger partial charge in [-0.25, -0.2) is 13.1 Å². The summed E-state index contributed by atoms with van der Waals surface area (Å²) in [4.78, 5) is 3.82. The molecule has 0 spiro atoms. The summed E-state index contributed by atoms with van der Waals surface area (Å²) in [5, 5.41) is 0.188. The molecule has 0 aliphatic rings. The number of rotatable bonds is 6. The van der Waals surface area contributed by atoms with Crippen LogP contribution in [0.4, 0.5) is 0 Å². The molecule has 0 aliphatic carbocycles. The topological polar surface area (TPSA) is 59.1 Å². The van der Waals surface area contributed by atoms with Crippen LogP contribution in [-0.2, 0) is 10.0 Å². The summed E-state index contributed by atoms with van der Waals surface area (Å²) in [5.41, 5.74) is 0. The Morgan fingerprint density at radius 1 is 1.33 bits per heavy atom. The highest BCUT2D eigenvalue weighted by Gasteiger charge is 2.20. The van der Waals surface area contributed by atoms with E-state index in [2.05, 4.69) is 23.6 Å². The molecule has 0 fully saturated rings. The lowest BCUT2D eigenvalue weighted by Gasteiger charge is -2.15. The largest absolute Gasteiger partial charge is 0.263 e. The van der Waals surface area contributed by atoms with Gasteiger partial charge in [-0.3, -0.25) is 4.98 Å². The molecule has 6 heteroatoms. The second-order valence-corrected chi connectivity index (χ2v) is 6.89. The SMILES string of the molecule is CC(C)CCC(C)NS(=O)(=O)c1cnccc1Cl. The Labute approximate surface area is 114 Å². The average molecular weight is 291 g/mol. The zero-order chi connectivity index (χ0) is 13.8. The summed E-state index contributed by atoms with van der Waals surface area (Å²) in [6.45, 7) is 6.07. The first-order chi connectivity index (χ1) is 8.33. The maximum absolute atomic E-state index is 12.1. The summed E-state index contributed by atoms with van der Waals surface area (Å²) in [5.74, 6) is 0.555. The molecule has 0 bridgehead atoms. The molecule has 0 saturated carbocycles. The van der Waals surface area contributed by atoms with E-state index in [-0.39, 0.29) is 16.0 Å². The molecule has 0 aromatic carbocycles. The van der Waals surface area contributed by atoms with Gasteiger partial charge in [0.15, 0.2) is 0 Å². The monoisotopic (exact) mass is 290 g/mol. The van der Waals surface area contributed by atoms with E-state index >= 15 is 0 Å². The summed E-state index contributed by atoms with van der Waals surface area (Å²) < 4.78 is 26.8. The Morgan fingerprint density at radius 2 is 2.00 bits per heavy atom. The molecule has 1 unspecified atom stereocenters. The molecule has 102 valence electrons. The van der Waals surface area contributed by atoms with Gasteiger partial charge in [-0.05, 0) is 31.7 Å². The Kier molecular flexibility index (Phi) is 5.56. The fourth-order valence-electron chi connectivity index (χ4n) is 1.53. The van der Waals surface area contributed by atoms with Gasteiger partial charge < -0.3 is 0 Å². The standard InChI is InChI=1S/C12H19ClN2O2S/c1-9(2)4-5-10(3)15-18(16,17)12-8-14-7-6-11(12)13/h6-10,15H,4-5H2,1-3H3. The first kappa shape index (κ1) is 15.4. The van der Waals surface area contributed by atoms with Crippen molar-refractivity contribution in [3.63, 3.8) is 0 Å². The van der Waals surface area contributed by atoms with Gasteiger partial charge in [0.25, 0.3) is 0 Å². The molecular formula is C12H19ClN2O2S. The molecule has 0 radical (unpaired) electrons. The van der Waals surface area contributed by atoms with Crippen molar-refractivity contribution in [2.45, 2.75) is 44.6 Å². The third kappa shape index (κ3) is 4.55. The van der Waals surface area contributed by atoms with Crippen molar-refractivity contribution in [3.05, 3.63) is 23.5 Å². The van der Waals surface area contributed by atoms with Gasteiger partial charge >= 0.3 is 0 Å². The predicted molar refractivity (Wildman–Crippen MR) is 73.1 cm³/mol. The van der Waals surface area contributed by atoms with E-state index in [1.54, 1.807) is 0 Å². The van der Waals surface area contributed by atoms with Crippen molar-refractivity contribution in [3.8, 4) is 0 Å². The van der Waals surface area contributed by atoms with Crippen LogP contribution >= 0.6 is 11.6 Å². The lowest BCUT2D eigenvalue weighted by molar-refractivity contribution is 0.485. The van der Waals surface area contributed by atoms with Gasteiger partial charge in [0.2, 0.25) is 10.0 Å². The third-order valence-corrected chi connectivity index (χ3v) is 4.62. The normalized spacial score (nSPS) is 13.8. The second-order valence-electron chi connectivity index (χ2n) is 4.80. The number of aromatic nitrogens is 1. The van der Waals surface area contributed by atoms with Crippen LogP contribution in [0, 0.1) is 5.92 Å². The molecule has 0 aliphatic heterocycles. The summed E-state index contributed by atoms with van der Waals surface area (Å²) in [6, 6.07) is 1.35. The smallest absolute Gasteiger partial charge is 0.243 e. The Balaban J connectivity index is 2.74. The van der Waals surface area contributed by atoms with E-state index in [1.807, 2.05) is 6.92 Å². The minimum atomic E-state index is -3.58. The van der Waals surface area contributed by atoms with Gasteiger partial charge in [0.1, 0.15) is 4.90 Å². The minimum absolute atomic E-state index is 0.0306. The fraction of sp³-hybridized carbons (Fsp3) is 0.583. The number of hydrogen-bond donors (Lipinski definition) is 1. The van der Waals surface area contributed by atoms with E-state index in [9.17, 15) is 8.42 Å². The maximum Gasteiger partial charge on any atom is 0.243 e. The predicted octanol–water partition coefficient (Wildman–Crippen LogP) is 2.84. The van der Waals surface area contributed by atoms with Crippen molar-refractivity contribution in [2.75, 3.05) is 0 Å². The van der Waals surface area contributed by atoms with Crippen LogP contribution < -0.4 is 4.72 Å². The number of hydrogen-bond acceptors (Lipinski definition) is 3. The number of nitrogens with zero attached hydrogens (tertiary/aromatic N) is 1. The fourth-order valence-corrected chi connectivity index (χ4v) is 3.24. The zero-order valence-corrected chi connectivity index (χ0v) is 12.4. The summed E-state index contributed by atoms with van der Waals surface area (Å²) in [6.07, 6.45) is 4.50. The van der Waals surface area contributed by atoms with Crippen LogP contribution in [0.5, 0.6) is 0 Å². The van der Waals surface area contributed by atoms with Gasteiger partial charge in [-0.15, -0.1) is 0 Å². The van der Waals surface area contributed by atoms with Gasteiger partial charge in [-0.2, -0.15) is 0 Å². The first-order valence-electron chi connectivity index (χ1n) is 5.94. The molecule has 18 heavy (non-hydrogen) atoms. The van der Waals surface area contributed by atoms with Crippen molar-refractivity contribution in [1.82, 2.24) is 9.71 Å². The molecule has 0 saturated heterocycles. The number of pyridine rings is 1. The summed E-state index contributed by atoms with van der Waals surface area (Å²) >= 11 is 5.86. The lowest BCUT2D eigenvalue weighted by Crippen LogP contribution is -2.33. The lowest BCUT2D eigenvalue weighted by atomic mass is 10.1. The molecule has 1 heterocycles. The van der Waals surface area contributed by atoms with Crippen LogP contribution in [0.2, 0.25) is 5.02 Å². The van der Waals surface area contributed by atoms with Crippen LogP contribution in [-0.4, -0.2) is 19.4 Å². The van der Waals surface area contributed by atoms with E-state index in [0.717, 1.165) is 12.8 Å². The number of sulfonamides is 1. The Morgan fingerprint density at radius 3 is 2.56 bits per heavy atom. The zero-order valence-electron chi connectivity index (χ0n) is 10.9. The van der Waals surface area contributed by atoms with Gasteiger partial charge in [-0.1, -0.05) is 25.4 Å². The maximum atomic E-state index is 12.1. The second kappa shape index (κ2) is 6.50. The van der Waals surface area contributed by atoms with E-state index in [1.165, 1.54) is 18.5 Å². The molecular weight excluding hydrogens is 272 g/mol. The van der Waals surface area contributed by atoms with Crippen molar-refractivity contribution >= 4 is 21.6 Å². The highest BCUT2D eigenvalue weighted by Crippen LogP contribution is 2.19. The molecule has 1 aromatic heterocycles.